The summed E-state index contributed by atoms with van der Waals surface area (Å²) in [6.07, 6.45) is 2.57. The summed E-state index contributed by atoms with van der Waals surface area (Å²) in [5.74, 6) is -0.0159. The highest BCUT2D eigenvalue weighted by Crippen LogP contribution is 2.29. The molecule has 218 valence electrons. The van der Waals surface area contributed by atoms with E-state index in [0.717, 1.165) is 64.5 Å². The molecule has 43 heavy (non-hydrogen) atoms. The van der Waals surface area contributed by atoms with Crippen molar-refractivity contribution in [3.05, 3.63) is 84.4 Å². The summed E-state index contributed by atoms with van der Waals surface area (Å²) in [6, 6.07) is 24.3. The lowest BCUT2D eigenvalue weighted by Crippen LogP contribution is -2.51. The number of likely N-dealkylation sites (tertiary alicyclic amines) is 1. The number of fused-ring (bicyclic) bond motifs is 1. The third-order valence-corrected chi connectivity index (χ3v) is 9.25. The van der Waals surface area contributed by atoms with Crippen LogP contribution in [-0.4, -0.2) is 82.6 Å². The minimum atomic E-state index is -0.148. The third kappa shape index (κ3) is 5.89. The lowest BCUT2D eigenvalue weighted by Gasteiger charge is -2.36. The Morgan fingerprint density at radius 2 is 1.74 bits per heavy atom. The Morgan fingerprint density at radius 1 is 0.930 bits per heavy atom. The van der Waals surface area contributed by atoms with Crippen LogP contribution in [0.15, 0.2) is 84.4 Å². The Bertz CT molecular complexity index is 1710. The molecule has 0 bridgehead atoms. The van der Waals surface area contributed by atoms with Gasteiger partial charge in [0.1, 0.15) is 5.01 Å². The number of piperazine rings is 1. The first-order valence-corrected chi connectivity index (χ1v) is 15.6. The molecule has 2 aliphatic heterocycles. The quantitative estimate of drug-likeness (QED) is 0.278. The van der Waals surface area contributed by atoms with Gasteiger partial charge in [-0.1, -0.05) is 30.3 Å². The van der Waals surface area contributed by atoms with Crippen LogP contribution < -0.4 is 10.2 Å². The number of amides is 2. The highest BCUT2D eigenvalue weighted by Gasteiger charge is 2.31. The van der Waals surface area contributed by atoms with Gasteiger partial charge in [-0.15, -0.1) is 11.3 Å². The van der Waals surface area contributed by atoms with E-state index in [0.29, 0.717) is 26.2 Å². The summed E-state index contributed by atoms with van der Waals surface area (Å²) in [4.78, 5) is 37.1. The molecule has 0 saturated carbocycles. The number of hydrogen-bond donors (Lipinski definition) is 2. The van der Waals surface area contributed by atoms with Gasteiger partial charge in [-0.25, -0.2) is 4.98 Å². The van der Waals surface area contributed by atoms with Gasteiger partial charge in [0.25, 0.3) is 0 Å². The van der Waals surface area contributed by atoms with Crippen molar-refractivity contribution in [1.29, 1.82) is 0 Å². The van der Waals surface area contributed by atoms with Crippen molar-refractivity contribution >= 4 is 45.4 Å². The minimum Gasteiger partial charge on any atom is -0.368 e. The molecule has 2 aliphatic rings. The van der Waals surface area contributed by atoms with Gasteiger partial charge >= 0.3 is 0 Å². The van der Waals surface area contributed by atoms with Crippen LogP contribution in [-0.2, 0) is 9.59 Å². The number of benzene rings is 3. The maximum absolute atomic E-state index is 13.2. The first-order valence-electron chi connectivity index (χ1n) is 14.7. The SMILES string of the molecule is O=C(Nc1ccc2[nH]nc(-c3ccccc3)c2c1)[C@@H]1CCN(CC(=O)N2CCN(c3ccc(-c4nccs4)cc3)CC2)C1. The van der Waals surface area contributed by atoms with E-state index >= 15 is 0 Å². The number of anilines is 2. The van der Waals surface area contributed by atoms with Crippen molar-refractivity contribution in [3.63, 3.8) is 0 Å². The number of carbonyl (C=O) groups excluding carboxylic acids is 2. The van der Waals surface area contributed by atoms with Crippen LogP contribution in [0.2, 0.25) is 0 Å². The minimum absolute atomic E-state index is 0.00597. The number of nitrogens with zero attached hydrogens (tertiary/aromatic N) is 5. The summed E-state index contributed by atoms with van der Waals surface area (Å²) in [5.41, 5.74) is 5.86. The van der Waals surface area contributed by atoms with Crippen molar-refractivity contribution in [3.8, 4) is 21.8 Å². The summed E-state index contributed by atoms with van der Waals surface area (Å²) in [7, 11) is 0. The highest BCUT2D eigenvalue weighted by molar-refractivity contribution is 7.13. The molecule has 7 rings (SSSR count). The van der Waals surface area contributed by atoms with Crippen molar-refractivity contribution < 1.29 is 9.59 Å². The van der Waals surface area contributed by atoms with Crippen LogP contribution in [0, 0.1) is 5.92 Å². The van der Waals surface area contributed by atoms with Gasteiger partial charge in [0.05, 0.1) is 23.7 Å². The van der Waals surface area contributed by atoms with Crippen LogP contribution >= 0.6 is 11.3 Å². The molecule has 0 aliphatic carbocycles. The molecule has 2 aromatic heterocycles. The molecule has 0 radical (unpaired) electrons. The van der Waals surface area contributed by atoms with Crippen LogP contribution in [0.3, 0.4) is 0 Å². The molecule has 2 amide bonds. The van der Waals surface area contributed by atoms with Crippen LogP contribution in [0.1, 0.15) is 6.42 Å². The monoisotopic (exact) mass is 591 g/mol. The van der Waals surface area contributed by atoms with Crippen molar-refractivity contribution in [2.45, 2.75) is 6.42 Å². The Hall–Kier alpha value is -4.54. The number of aromatic nitrogens is 3. The number of aromatic amines is 1. The number of H-pyrrole nitrogens is 1. The van der Waals surface area contributed by atoms with Gasteiger partial charge in [-0.2, -0.15) is 5.10 Å². The maximum Gasteiger partial charge on any atom is 0.236 e. The Kier molecular flexibility index (Phi) is 7.61. The summed E-state index contributed by atoms with van der Waals surface area (Å²) in [6.45, 7) is 4.70. The first kappa shape index (κ1) is 27.3. The molecular weight excluding hydrogens is 558 g/mol. The van der Waals surface area contributed by atoms with Crippen LogP contribution in [0.25, 0.3) is 32.7 Å². The molecular formula is C33H33N7O2S. The Labute approximate surface area is 254 Å². The van der Waals surface area contributed by atoms with E-state index < -0.39 is 0 Å². The molecule has 2 N–H and O–H groups in total. The summed E-state index contributed by atoms with van der Waals surface area (Å²) < 4.78 is 0. The topological polar surface area (TPSA) is 97.5 Å². The zero-order chi connectivity index (χ0) is 29.2. The number of nitrogens with one attached hydrogen (secondary N) is 2. The predicted octanol–water partition coefficient (Wildman–Crippen LogP) is 4.96. The van der Waals surface area contributed by atoms with Crippen molar-refractivity contribution in [1.82, 2.24) is 25.0 Å². The lowest BCUT2D eigenvalue weighted by molar-refractivity contribution is -0.132. The molecule has 0 unspecified atom stereocenters. The second-order valence-electron chi connectivity index (χ2n) is 11.2. The average molecular weight is 592 g/mol. The zero-order valence-corrected chi connectivity index (χ0v) is 24.6. The number of thiazole rings is 1. The van der Waals surface area contributed by atoms with E-state index in [9.17, 15) is 9.59 Å². The van der Waals surface area contributed by atoms with Crippen LogP contribution in [0.4, 0.5) is 11.4 Å². The Morgan fingerprint density at radius 3 is 2.51 bits per heavy atom. The average Bonchev–Trinajstić information content (AvgIpc) is 3.83. The fourth-order valence-electron chi connectivity index (χ4n) is 6.03. The molecule has 9 nitrogen and oxygen atoms in total. The molecule has 0 spiro atoms. The van der Waals surface area contributed by atoms with Crippen LogP contribution in [0.5, 0.6) is 0 Å². The van der Waals surface area contributed by atoms with Gasteiger partial charge in [-0.05, 0) is 55.4 Å². The number of carbonyl (C=O) groups is 2. The molecule has 1 atom stereocenters. The predicted molar refractivity (Wildman–Crippen MR) is 171 cm³/mol. The van der Waals surface area contributed by atoms with Gasteiger partial charge in [0.15, 0.2) is 0 Å². The standard InChI is InChI=1S/C33H33N7O2S/c41-30(40-17-15-39(16-18-40)27-9-6-24(7-10-27)33-34-13-19-43-33)22-38-14-12-25(21-38)32(42)35-26-8-11-29-28(20-26)31(37-36-29)23-4-2-1-3-5-23/h1-11,13,19-20,25H,12,14-18,21-22H2,(H,35,42)(H,36,37)/t25-/m1/s1. The zero-order valence-electron chi connectivity index (χ0n) is 23.8. The van der Waals surface area contributed by atoms with Crippen molar-refractivity contribution in [2.75, 3.05) is 56.0 Å². The summed E-state index contributed by atoms with van der Waals surface area (Å²) in [5, 5.41) is 14.6. The third-order valence-electron chi connectivity index (χ3n) is 8.42. The normalized spacial score (nSPS) is 17.4. The largest absolute Gasteiger partial charge is 0.368 e. The molecule has 5 aromatic rings. The van der Waals surface area contributed by atoms with E-state index in [1.165, 1.54) is 5.69 Å². The van der Waals surface area contributed by atoms with E-state index in [2.05, 4.69) is 54.6 Å². The highest BCUT2D eigenvalue weighted by atomic mass is 32.1. The van der Waals surface area contributed by atoms with Crippen molar-refractivity contribution in [2.24, 2.45) is 5.92 Å². The number of hydrogen-bond acceptors (Lipinski definition) is 7. The Balaban J connectivity index is 0.900. The first-order chi connectivity index (χ1) is 21.1. The molecule has 3 aromatic carbocycles. The van der Waals surface area contributed by atoms with Gasteiger partial charge < -0.3 is 15.1 Å². The molecule has 4 heterocycles. The molecule has 10 heteroatoms. The van der Waals surface area contributed by atoms with E-state index in [1.54, 1.807) is 11.3 Å². The van der Waals surface area contributed by atoms with Gasteiger partial charge in [-0.3, -0.25) is 19.6 Å². The van der Waals surface area contributed by atoms with E-state index in [4.69, 9.17) is 0 Å². The molecule has 2 saturated heterocycles. The fraction of sp³-hybridized carbons (Fsp3) is 0.273. The second kappa shape index (κ2) is 12.0. The second-order valence-corrected chi connectivity index (χ2v) is 12.1. The summed E-state index contributed by atoms with van der Waals surface area (Å²) >= 11 is 1.64. The van der Waals surface area contributed by atoms with E-state index in [-0.39, 0.29) is 17.7 Å². The van der Waals surface area contributed by atoms with Gasteiger partial charge in [0.2, 0.25) is 11.8 Å². The smallest absolute Gasteiger partial charge is 0.236 e. The molecule has 2 fully saturated rings. The lowest BCUT2D eigenvalue weighted by atomic mass is 10.1. The van der Waals surface area contributed by atoms with Gasteiger partial charge in [0, 0.05) is 72.2 Å². The van der Waals surface area contributed by atoms with E-state index in [1.807, 2.05) is 65.0 Å². The fourth-order valence-corrected chi connectivity index (χ4v) is 6.67. The number of rotatable bonds is 7. The maximum atomic E-state index is 13.2.